The number of hydrogen-bond donors (Lipinski definition) is 1. The van der Waals surface area contributed by atoms with E-state index in [1.807, 2.05) is 6.07 Å². The van der Waals surface area contributed by atoms with Gasteiger partial charge in [0.05, 0.1) is 27.2 Å². The Hall–Kier alpha value is -3.60. The zero-order chi connectivity index (χ0) is 23.1. The van der Waals surface area contributed by atoms with Gasteiger partial charge in [-0.1, -0.05) is 48.0 Å². The van der Waals surface area contributed by atoms with Gasteiger partial charge in [0.1, 0.15) is 0 Å². The monoisotopic (exact) mass is 465 g/mol. The highest BCUT2D eigenvalue weighted by Crippen LogP contribution is 2.24. The maximum Gasteiger partial charge on any atom is 0.261 e. The van der Waals surface area contributed by atoms with Crippen LogP contribution in [-0.2, 0) is 21.4 Å². The van der Waals surface area contributed by atoms with Crippen LogP contribution in [0, 0.1) is 11.3 Å². The van der Waals surface area contributed by atoms with Crippen molar-refractivity contribution in [2.45, 2.75) is 11.4 Å². The van der Waals surface area contributed by atoms with Crippen LogP contribution in [0.3, 0.4) is 0 Å². The lowest BCUT2D eigenvalue weighted by atomic mass is 10.1. The lowest BCUT2D eigenvalue weighted by Gasteiger charge is -2.15. The number of nitrogens with one attached hydrogen (secondary N) is 1. The predicted octanol–water partition coefficient (Wildman–Crippen LogP) is 4.68. The number of amides is 1. The summed E-state index contributed by atoms with van der Waals surface area (Å²) < 4.78 is 27.6. The maximum absolute atomic E-state index is 12.6. The largest absolute Gasteiger partial charge is 0.338 e. The van der Waals surface area contributed by atoms with Crippen LogP contribution >= 0.6 is 11.6 Å². The zero-order valence-corrected chi connectivity index (χ0v) is 18.8. The molecule has 0 fully saturated rings. The third-order valence-corrected chi connectivity index (χ3v) is 6.29. The second-order valence-electron chi connectivity index (χ2n) is 6.99. The summed E-state index contributed by atoms with van der Waals surface area (Å²) >= 11 is 6.02. The molecule has 3 aromatic rings. The Morgan fingerprint density at radius 3 is 2.50 bits per heavy atom. The molecule has 0 bridgehead atoms. The maximum atomic E-state index is 12.6. The van der Waals surface area contributed by atoms with Crippen LogP contribution in [0.15, 0.2) is 83.8 Å². The summed E-state index contributed by atoms with van der Waals surface area (Å²) in [6.45, 7) is 0.365. The van der Waals surface area contributed by atoms with Crippen LogP contribution in [0.1, 0.15) is 16.7 Å². The number of rotatable bonds is 7. The molecule has 0 spiro atoms. The van der Waals surface area contributed by atoms with Gasteiger partial charge in [0.2, 0.25) is 5.91 Å². The van der Waals surface area contributed by atoms with Crippen molar-refractivity contribution in [3.63, 3.8) is 0 Å². The lowest BCUT2D eigenvalue weighted by molar-refractivity contribution is -0.125. The van der Waals surface area contributed by atoms with Gasteiger partial charge < -0.3 is 4.90 Å². The first-order valence-electron chi connectivity index (χ1n) is 9.58. The van der Waals surface area contributed by atoms with Gasteiger partial charge >= 0.3 is 0 Å². The smallest absolute Gasteiger partial charge is 0.261 e. The molecule has 0 aromatic heterocycles. The number of benzene rings is 3. The van der Waals surface area contributed by atoms with Gasteiger partial charge in [-0.05, 0) is 53.6 Å². The highest BCUT2D eigenvalue weighted by atomic mass is 35.5. The lowest BCUT2D eigenvalue weighted by Crippen LogP contribution is -2.24. The van der Waals surface area contributed by atoms with Crippen molar-refractivity contribution in [1.29, 1.82) is 5.26 Å². The number of anilines is 1. The van der Waals surface area contributed by atoms with Gasteiger partial charge in [0.15, 0.2) is 0 Å². The molecular formula is C24H20ClN3O3S. The fraction of sp³-hybridized carbons (Fsp3) is 0.0833. The average molecular weight is 466 g/mol. The zero-order valence-electron chi connectivity index (χ0n) is 17.2. The van der Waals surface area contributed by atoms with Gasteiger partial charge in [-0.15, -0.1) is 0 Å². The number of para-hydroxylation sites is 1. The molecule has 32 heavy (non-hydrogen) atoms. The molecule has 0 aliphatic heterocycles. The van der Waals surface area contributed by atoms with E-state index in [1.54, 1.807) is 67.7 Å². The topological polar surface area (TPSA) is 90.3 Å². The molecule has 0 saturated carbocycles. The van der Waals surface area contributed by atoms with E-state index in [0.717, 1.165) is 5.56 Å². The van der Waals surface area contributed by atoms with Crippen LogP contribution in [-0.4, -0.2) is 26.3 Å². The van der Waals surface area contributed by atoms with Gasteiger partial charge in [0.25, 0.3) is 10.0 Å². The molecule has 6 nitrogen and oxygen atoms in total. The van der Waals surface area contributed by atoms with Crippen molar-refractivity contribution in [3.8, 4) is 6.07 Å². The summed E-state index contributed by atoms with van der Waals surface area (Å²) in [5.74, 6) is -0.218. The van der Waals surface area contributed by atoms with E-state index in [0.29, 0.717) is 28.4 Å². The molecule has 162 valence electrons. The van der Waals surface area contributed by atoms with Crippen molar-refractivity contribution in [2.75, 3.05) is 11.8 Å². The number of halogens is 1. The number of sulfonamides is 1. The van der Waals surface area contributed by atoms with Crippen LogP contribution in [0.4, 0.5) is 5.69 Å². The number of nitriles is 1. The van der Waals surface area contributed by atoms with E-state index >= 15 is 0 Å². The number of carbonyl (C=O) groups excluding carboxylic acids is 1. The molecular weight excluding hydrogens is 446 g/mol. The SMILES string of the molecule is CN(Cc1cccc(C#N)c1)C(=O)/C=C/c1ccc(S(=O)(=O)Nc2ccccc2Cl)cc1. The molecule has 0 radical (unpaired) electrons. The highest BCUT2D eigenvalue weighted by Gasteiger charge is 2.15. The Morgan fingerprint density at radius 1 is 1.09 bits per heavy atom. The fourth-order valence-electron chi connectivity index (χ4n) is 2.89. The fourth-order valence-corrected chi connectivity index (χ4v) is 4.21. The molecule has 0 saturated heterocycles. The van der Waals surface area contributed by atoms with Gasteiger partial charge in [0, 0.05) is 19.7 Å². The van der Waals surface area contributed by atoms with Crippen LogP contribution < -0.4 is 4.72 Å². The first-order chi connectivity index (χ1) is 15.3. The van der Waals surface area contributed by atoms with Crippen molar-refractivity contribution in [3.05, 3.63) is 101 Å². The Kier molecular flexibility index (Phi) is 7.31. The summed E-state index contributed by atoms with van der Waals surface area (Å²) in [5, 5.41) is 9.29. The molecule has 0 heterocycles. The van der Waals surface area contributed by atoms with Crippen molar-refractivity contribution in [2.24, 2.45) is 0 Å². The Bertz CT molecular complexity index is 1300. The average Bonchev–Trinajstić information content (AvgIpc) is 2.79. The number of likely N-dealkylation sites (N-methyl/N-ethyl adjacent to an activating group) is 1. The minimum atomic E-state index is -3.79. The molecule has 0 aliphatic carbocycles. The van der Waals surface area contributed by atoms with Crippen molar-refractivity contribution in [1.82, 2.24) is 4.90 Å². The van der Waals surface area contributed by atoms with Crippen LogP contribution in [0.5, 0.6) is 0 Å². The second-order valence-corrected chi connectivity index (χ2v) is 9.08. The number of carbonyl (C=O) groups is 1. The molecule has 1 amide bonds. The van der Waals surface area contributed by atoms with Crippen molar-refractivity contribution >= 4 is 39.3 Å². The van der Waals surface area contributed by atoms with Crippen molar-refractivity contribution < 1.29 is 13.2 Å². The minimum absolute atomic E-state index is 0.0791. The van der Waals surface area contributed by atoms with E-state index in [1.165, 1.54) is 23.1 Å². The number of nitrogens with zero attached hydrogens (tertiary/aromatic N) is 2. The molecule has 0 unspecified atom stereocenters. The van der Waals surface area contributed by atoms with Gasteiger partial charge in [-0.3, -0.25) is 9.52 Å². The third-order valence-electron chi connectivity index (χ3n) is 4.58. The molecule has 0 atom stereocenters. The molecule has 1 N–H and O–H groups in total. The van der Waals surface area contributed by atoms with E-state index in [2.05, 4.69) is 10.8 Å². The van der Waals surface area contributed by atoms with Gasteiger partial charge in [-0.25, -0.2) is 8.42 Å². The van der Waals surface area contributed by atoms with Crippen LogP contribution in [0.25, 0.3) is 6.08 Å². The summed E-state index contributed by atoms with van der Waals surface area (Å²) in [6.07, 6.45) is 3.03. The number of hydrogen-bond acceptors (Lipinski definition) is 4. The Morgan fingerprint density at radius 2 is 1.81 bits per heavy atom. The molecule has 8 heteroatoms. The standard InChI is InChI=1S/C24H20ClN3O3S/c1-28(17-20-6-4-5-19(15-20)16-26)24(29)14-11-18-9-12-21(13-10-18)32(30,31)27-23-8-3-2-7-22(23)25/h2-15,27H,17H2,1H3/b14-11+. The van der Waals surface area contributed by atoms with E-state index in [-0.39, 0.29) is 10.8 Å². The molecule has 0 aliphatic rings. The normalized spacial score (nSPS) is 11.2. The predicted molar refractivity (Wildman–Crippen MR) is 125 cm³/mol. The molecule has 3 rings (SSSR count). The minimum Gasteiger partial charge on any atom is -0.338 e. The first kappa shape index (κ1) is 23.1. The third kappa shape index (κ3) is 5.97. The summed E-state index contributed by atoms with van der Waals surface area (Å²) in [5.41, 5.74) is 2.37. The Balaban J connectivity index is 1.65. The van der Waals surface area contributed by atoms with Crippen LogP contribution in [0.2, 0.25) is 5.02 Å². The quantitative estimate of drug-likeness (QED) is 0.513. The molecule has 3 aromatic carbocycles. The summed E-state index contributed by atoms with van der Waals surface area (Å²) in [4.78, 5) is 14.0. The van der Waals surface area contributed by atoms with E-state index < -0.39 is 10.0 Å². The second kappa shape index (κ2) is 10.1. The Labute approximate surface area is 192 Å². The summed E-state index contributed by atoms with van der Waals surface area (Å²) in [6, 6.07) is 21.9. The highest BCUT2D eigenvalue weighted by molar-refractivity contribution is 7.92. The van der Waals surface area contributed by atoms with Gasteiger partial charge in [-0.2, -0.15) is 5.26 Å². The van der Waals surface area contributed by atoms with E-state index in [9.17, 15) is 13.2 Å². The van der Waals surface area contributed by atoms with E-state index in [4.69, 9.17) is 16.9 Å². The summed E-state index contributed by atoms with van der Waals surface area (Å²) in [7, 11) is -2.13. The first-order valence-corrected chi connectivity index (χ1v) is 11.4.